The predicted molar refractivity (Wildman–Crippen MR) is 73.3 cm³/mol. The Kier molecular flexibility index (Phi) is 4.11. The fourth-order valence-electron chi connectivity index (χ4n) is 3.06. The first kappa shape index (κ1) is 13.3. The molecule has 0 aromatic rings. The third-order valence-corrected chi connectivity index (χ3v) is 3.90. The zero-order valence-corrected chi connectivity index (χ0v) is 12.0. The molecule has 1 aliphatic heterocycles. The SMILES string of the molecule is CN(C)CC(C)(C)CNC1CCN(C2CC2)C1. The molecule has 0 amide bonds. The van der Waals surface area contributed by atoms with Crippen LogP contribution < -0.4 is 5.32 Å². The zero-order valence-electron chi connectivity index (χ0n) is 12.0. The lowest BCUT2D eigenvalue weighted by molar-refractivity contribution is 0.223. The van der Waals surface area contributed by atoms with E-state index in [0.29, 0.717) is 5.41 Å². The monoisotopic (exact) mass is 239 g/mol. The molecule has 2 fully saturated rings. The van der Waals surface area contributed by atoms with Crippen molar-refractivity contribution in [1.82, 2.24) is 15.1 Å². The molecule has 0 radical (unpaired) electrons. The van der Waals surface area contributed by atoms with Crippen LogP contribution in [0.5, 0.6) is 0 Å². The van der Waals surface area contributed by atoms with Gasteiger partial charge >= 0.3 is 0 Å². The Balaban J connectivity index is 1.67. The number of likely N-dealkylation sites (tertiary alicyclic amines) is 1. The highest BCUT2D eigenvalue weighted by Gasteiger charge is 2.34. The van der Waals surface area contributed by atoms with E-state index in [9.17, 15) is 0 Å². The second kappa shape index (κ2) is 5.25. The van der Waals surface area contributed by atoms with Crippen LogP contribution in [0.2, 0.25) is 0 Å². The molecule has 1 N–H and O–H groups in total. The van der Waals surface area contributed by atoms with Crippen molar-refractivity contribution in [1.29, 1.82) is 0 Å². The lowest BCUT2D eigenvalue weighted by Crippen LogP contribution is -2.42. The summed E-state index contributed by atoms with van der Waals surface area (Å²) >= 11 is 0. The van der Waals surface area contributed by atoms with Crippen LogP contribution in [-0.2, 0) is 0 Å². The van der Waals surface area contributed by atoms with E-state index in [0.717, 1.165) is 25.2 Å². The summed E-state index contributed by atoms with van der Waals surface area (Å²) in [5.41, 5.74) is 0.372. The molecule has 100 valence electrons. The smallest absolute Gasteiger partial charge is 0.0207 e. The molecule has 1 saturated heterocycles. The molecule has 0 aromatic carbocycles. The van der Waals surface area contributed by atoms with Crippen LogP contribution in [0.25, 0.3) is 0 Å². The summed E-state index contributed by atoms with van der Waals surface area (Å²) < 4.78 is 0. The quantitative estimate of drug-likeness (QED) is 0.756. The summed E-state index contributed by atoms with van der Waals surface area (Å²) in [6.45, 7) is 9.59. The largest absolute Gasteiger partial charge is 0.312 e. The van der Waals surface area contributed by atoms with Crippen molar-refractivity contribution in [2.24, 2.45) is 5.41 Å². The molecule has 2 aliphatic rings. The molecule has 1 atom stereocenters. The van der Waals surface area contributed by atoms with E-state index >= 15 is 0 Å². The van der Waals surface area contributed by atoms with Gasteiger partial charge in [-0.05, 0) is 38.8 Å². The fourth-order valence-corrected chi connectivity index (χ4v) is 3.06. The van der Waals surface area contributed by atoms with Crippen LogP contribution in [0.3, 0.4) is 0 Å². The Labute approximate surface area is 107 Å². The Morgan fingerprint density at radius 3 is 2.53 bits per heavy atom. The number of hydrogen-bond acceptors (Lipinski definition) is 3. The van der Waals surface area contributed by atoms with Crippen molar-refractivity contribution in [2.45, 2.75) is 45.2 Å². The Morgan fingerprint density at radius 2 is 1.94 bits per heavy atom. The van der Waals surface area contributed by atoms with Crippen LogP contribution in [0.15, 0.2) is 0 Å². The molecular formula is C14H29N3. The topological polar surface area (TPSA) is 18.5 Å². The third kappa shape index (κ3) is 4.23. The molecule has 2 rings (SSSR count). The fraction of sp³-hybridized carbons (Fsp3) is 1.00. The van der Waals surface area contributed by atoms with Crippen molar-refractivity contribution in [3.05, 3.63) is 0 Å². The van der Waals surface area contributed by atoms with Gasteiger partial charge in [0.05, 0.1) is 0 Å². The minimum Gasteiger partial charge on any atom is -0.312 e. The maximum Gasteiger partial charge on any atom is 0.0207 e. The van der Waals surface area contributed by atoms with Crippen LogP contribution in [0.1, 0.15) is 33.1 Å². The summed E-state index contributed by atoms with van der Waals surface area (Å²) in [6.07, 6.45) is 4.23. The van der Waals surface area contributed by atoms with Gasteiger partial charge in [-0.2, -0.15) is 0 Å². The van der Waals surface area contributed by atoms with Crippen molar-refractivity contribution in [3.8, 4) is 0 Å². The van der Waals surface area contributed by atoms with Gasteiger partial charge in [-0.15, -0.1) is 0 Å². The average molecular weight is 239 g/mol. The summed E-state index contributed by atoms with van der Waals surface area (Å²) in [5.74, 6) is 0. The number of nitrogens with one attached hydrogen (secondary N) is 1. The van der Waals surface area contributed by atoms with Crippen molar-refractivity contribution < 1.29 is 0 Å². The first-order valence-electron chi connectivity index (χ1n) is 7.08. The van der Waals surface area contributed by atoms with Crippen LogP contribution >= 0.6 is 0 Å². The van der Waals surface area contributed by atoms with E-state index in [4.69, 9.17) is 0 Å². The molecule has 1 heterocycles. The van der Waals surface area contributed by atoms with Gasteiger partial charge in [-0.25, -0.2) is 0 Å². The third-order valence-electron chi connectivity index (χ3n) is 3.90. The van der Waals surface area contributed by atoms with E-state index in [1.54, 1.807) is 0 Å². The number of rotatable bonds is 6. The summed E-state index contributed by atoms with van der Waals surface area (Å²) in [4.78, 5) is 4.96. The van der Waals surface area contributed by atoms with Crippen LogP contribution in [-0.4, -0.2) is 62.2 Å². The highest BCUT2D eigenvalue weighted by Crippen LogP contribution is 2.30. The zero-order chi connectivity index (χ0) is 12.5. The molecule has 0 aromatic heterocycles. The van der Waals surface area contributed by atoms with Gasteiger partial charge in [0, 0.05) is 38.3 Å². The lowest BCUT2D eigenvalue weighted by Gasteiger charge is -2.30. The van der Waals surface area contributed by atoms with E-state index in [-0.39, 0.29) is 0 Å². The van der Waals surface area contributed by atoms with Crippen LogP contribution in [0, 0.1) is 5.41 Å². The van der Waals surface area contributed by atoms with Gasteiger partial charge < -0.3 is 10.2 Å². The van der Waals surface area contributed by atoms with E-state index in [1.807, 2.05) is 0 Å². The summed E-state index contributed by atoms with van der Waals surface area (Å²) in [5, 5.41) is 3.77. The summed E-state index contributed by atoms with van der Waals surface area (Å²) in [6, 6.07) is 1.67. The second-order valence-corrected chi connectivity index (χ2v) is 6.99. The minimum absolute atomic E-state index is 0.372. The maximum absolute atomic E-state index is 3.77. The van der Waals surface area contributed by atoms with Gasteiger partial charge in [0.25, 0.3) is 0 Å². The molecule has 3 nitrogen and oxygen atoms in total. The standard InChI is InChI=1S/C14H29N3/c1-14(2,11-16(3)4)10-15-12-7-8-17(9-12)13-5-6-13/h12-13,15H,5-11H2,1-4H3. The first-order valence-corrected chi connectivity index (χ1v) is 7.08. The van der Waals surface area contributed by atoms with Gasteiger partial charge in [0.2, 0.25) is 0 Å². The van der Waals surface area contributed by atoms with Gasteiger partial charge in [0.15, 0.2) is 0 Å². The highest BCUT2D eigenvalue weighted by atomic mass is 15.2. The first-order chi connectivity index (χ1) is 7.96. The Hall–Kier alpha value is -0.120. The van der Waals surface area contributed by atoms with Crippen molar-refractivity contribution in [2.75, 3.05) is 40.3 Å². The molecule has 17 heavy (non-hydrogen) atoms. The van der Waals surface area contributed by atoms with E-state index in [1.165, 1.54) is 32.4 Å². The van der Waals surface area contributed by atoms with Crippen molar-refractivity contribution >= 4 is 0 Å². The average Bonchev–Trinajstić information content (AvgIpc) is 2.94. The number of hydrogen-bond donors (Lipinski definition) is 1. The minimum atomic E-state index is 0.372. The lowest BCUT2D eigenvalue weighted by atomic mass is 9.92. The van der Waals surface area contributed by atoms with Gasteiger partial charge in [-0.3, -0.25) is 4.90 Å². The molecule has 0 spiro atoms. The van der Waals surface area contributed by atoms with E-state index in [2.05, 4.69) is 43.1 Å². The summed E-state index contributed by atoms with van der Waals surface area (Å²) in [7, 11) is 4.32. The van der Waals surface area contributed by atoms with Crippen LogP contribution in [0.4, 0.5) is 0 Å². The molecule has 1 aliphatic carbocycles. The maximum atomic E-state index is 3.77. The Morgan fingerprint density at radius 1 is 1.24 bits per heavy atom. The predicted octanol–water partition coefficient (Wildman–Crippen LogP) is 1.40. The van der Waals surface area contributed by atoms with Crippen molar-refractivity contribution in [3.63, 3.8) is 0 Å². The molecule has 3 heteroatoms. The molecular weight excluding hydrogens is 210 g/mol. The Bertz CT molecular complexity index is 246. The molecule has 1 unspecified atom stereocenters. The second-order valence-electron chi connectivity index (χ2n) is 6.99. The van der Waals surface area contributed by atoms with Gasteiger partial charge in [0.1, 0.15) is 0 Å². The molecule has 1 saturated carbocycles. The number of nitrogens with zero attached hydrogens (tertiary/aromatic N) is 2. The highest BCUT2D eigenvalue weighted by molar-refractivity contribution is 4.92. The van der Waals surface area contributed by atoms with Gasteiger partial charge in [-0.1, -0.05) is 13.8 Å². The normalized spacial score (nSPS) is 27.0. The molecule has 0 bridgehead atoms. The van der Waals surface area contributed by atoms with E-state index < -0.39 is 0 Å².